The number of rotatable bonds is 7. The lowest BCUT2D eigenvalue weighted by Gasteiger charge is -2.33. The molecular weight excluding hydrogens is 322 g/mol. The molecule has 3 rings (SSSR count). The van der Waals surface area contributed by atoms with Crippen LogP contribution in [-0.4, -0.2) is 19.1 Å². The van der Waals surface area contributed by atoms with Crippen molar-refractivity contribution < 1.29 is 14.8 Å². The van der Waals surface area contributed by atoms with Crippen molar-refractivity contribution in [2.45, 2.75) is 12.5 Å². The highest BCUT2D eigenvalue weighted by Crippen LogP contribution is 2.32. The molecule has 26 heavy (non-hydrogen) atoms. The van der Waals surface area contributed by atoms with Crippen LogP contribution in [0.1, 0.15) is 23.6 Å². The van der Waals surface area contributed by atoms with Crippen LogP contribution in [0.4, 0.5) is 0 Å². The molecule has 3 nitrogen and oxygen atoms in total. The van der Waals surface area contributed by atoms with Crippen LogP contribution in [0.2, 0.25) is 0 Å². The van der Waals surface area contributed by atoms with Crippen LogP contribution < -0.4 is 5.32 Å². The first kappa shape index (κ1) is 17.9. The van der Waals surface area contributed by atoms with Crippen molar-refractivity contribution in [2.24, 2.45) is 0 Å². The number of benzene rings is 3. The van der Waals surface area contributed by atoms with Crippen LogP contribution in [-0.2, 0) is 15.1 Å². The summed E-state index contributed by atoms with van der Waals surface area (Å²) in [6, 6.07) is 30.9. The molecule has 0 aliphatic heterocycles. The maximum atomic E-state index is 12.1. The molecule has 0 atom stereocenters. The van der Waals surface area contributed by atoms with Crippen LogP contribution in [0.15, 0.2) is 91.0 Å². The van der Waals surface area contributed by atoms with E-state index in [-0.39, 0.29) is 12.5 Å². The first-order valence-corrected chi connectivity index (χ1v) is 8.94. The molecule has 0 aromatic heterocycles. The van der Waals surface area contributed by atoms with Gasteiger partial charge in [0.1, 0.15) is 0 Å². The van der Waals surface area contributed by atoms with Gasteiger partial charge in [0.05, 0.1) is 6.61 Å². The van der Waals surface area contributed by atoms with E-state index in [1.165, 1.54) is 0 Å². The van der Waals surface area contributed by atoms with E-state index in [2.05, 4.69) is 41.7 Å². The second kappa shape index (κ2) is 8.45. The summed E-state index contributed by atoms with van der Waals surface area (Å²) >= 11 is 0. The number of hydrogen-bond acceptors (Lipinski definition) is 2. The minimum atomic E-state index is -0.517. The molecule has 0 fully saturated rings. The fourth-order valence-electron chi connectivity index (χ4n) is 3.41. The zero-order chi connectivity index (χ0) is 18.2. The predicted molar refractivity (Wildman–Crippen MR) is 103 cm³/mol. The van der Waals surface area contributed by atoms with Crippen molar-refractivity contribution in [3.63, 3.8) is 0 Å². The van der Waals surface area contributed by atoms with Crippen molar-refractivity contribution >= 4 is 5.97 Å². The summed E-state index contributed by atoms with van der Waals surface area (Å²) in [5.74, 6) is -0.209. The van der Waals surface area contributed by atoms with Gasteiger partial charge in [-0.25, -0.2) is 4.79 Å². The maximum Gasteiger partial charge on any atom is 0.361 e. The molecule has 0 radical (unpaired) electrons. The van der Waals surface area contributed by atoms with Gasteiger partial charge in [-0.05, 0) is 6.92 Å². The Kier molecular flexibility index (Phi) is 5.82. The van der Waals surface area contributed by atoms with Crippen LogP contribution in [0.5, 0.6) is 0 Å². The third kappa shape index (κ3) is 3.68. The summed E-state index contributed by atoms with van der Waals surface area (Å²) in [5.41, 5.74) is 2.86. The molecule has 0 saturated carbocycles. The van der Waals surface area contributed by atoms with Gasteiger partial charge >= 0.3 is 5.97 Å². The Morgan fingerprint density at radius 3 is 1.50 bits per heavy atom. The van der Waals surface area contributed by atoms with E-state index in [0.717, 1.165) is 16.7 Å². The largest absolute Gasteiger partial charge is 0.462 e. The second-order valence-corrected chi connectivity index (χ2v) is 6.12. The molecule has 132 valence electrons. The smallest absolute Gasteiger partial charge is 0.361 e. The normalized spacial score (nSPS) is 11.1. The zero-order valence-corrected chi connectivity index (χ0v) is 15.0. The van der Waals surface area contributed by atoms with Gasteiger partial charge in [0.2, 0.25) is 0 Å². The third-order valence-corrected chi connectivity index (χ3v) is 4.57. The second-order valence-electron chi connectivity index (χ2n) is 6.12. The number of carbonyl (C=O) groups is 1. The van der Waals surface area contributed by atoms with E-state index < -0.39 is 5.54 Å². The van der Waals surface area contributed by atoms with Gasteiger partial charge in [-0.1, -0.05) is 91.0 Å². The summed E-state index contributed by atoms with van der Waals surface area (Å²) in [6.07, 6.45) is 0. The first-order valence-electron chi connectivity index (χ1n) is 8.94. The average Bonchev–Trinajstić information content (AvgIpc) is 2.71. The molecule has 0 aliphatic carbocycles. The molecule has 0 aliphatic rings. The van der Waals surface area contributed by atoms with Crippen LogP contribution in [0, 0.1) is 0 Å². The SMILES string of the molecule is CCOC(=O)C[NH2+]C(c1ccccc1)(c1ccccc1)c1ccccc1. The van der Waals surface area contributed by atoms with E-state index in [4.69, 9.17) is 4.74 Å². The van der Waals surface area contributed by atoms with E-state index in [0.29, 0.717) is 6.61 Å². The lowest BCUT2D eigenvalue weighted by Crippen LogP contribution is -2.96. The summed E-state index contributed by atoms with van der Waals surface area (Å²) < 4.78 is 5.17. The minimum absolute atomic E-state index is 0.209. The highest BCUT2D eigenvalue weighted by Gasteiger charge is 2.40. The van der Waals surface area contributed by atoms with Crippen LogP contribution in [0.25, 0.3) is 0 Å². The summed E-state index contributed by atoms with van der Waals surface area (Å²) in [5, 5.41) is 2.07. The van der Waals surface area contributed by atoms with Gasteiger partial charge in [0.15, 0.2) is 12.1 Å². The number of esters is 1. The van der Waals surface area contributed by atoms with Gasteiger partial charge in [0.25, 0.3) is 0 Å². The standard InChI is InChI=1S/C23H23NO2/c1-2-26-22(25)18-24-23(19-12-6-3-7-13-19,20-14-8-4-9-15-20)21-16-10-5-11-17-21/h3-17,24H,2,18H2,1H3/p+1. The highest BCUT2D eigenvalue weighted by molar-refractivity contribution is 5.70. The van der Waals surface area contributed by atoms with Crippen LogP contribution in [0.3, 0.4) is 0 Å². The molecular formula is C23H24NO2+. The van der Waals surface area contributed by atoms with Crippen molar-refractivity contribution in [2.75, 3.05) is 13.2 Å². The van der Waals surface area contributed by atoms with Crippen molar-refractivity contribution in [1.82, 2.24) is 0 Å². The quantitative estimate of drug-likeness (QED) is 0.528. The number of ether oxygens (including phenoxy) is 1. The fourth-order valence-corrected chi connectivity index (χ4v) is 3.41. The third-order valence-electron chi connectivity index (χ3n) is 4.57. The van der Waals surface area contributed by atoms with E-state index in [9.17, 15) is 4.79 Å². The van der Waals surface area contributed by atoms with Gasteiger partial charge in [-0.2, -0.15) is 0 Å². The van der Waals surface area contributed by atoms with E-state index >= 15 is 0 Å². The number of quaternary nitrogens is 1. The lowest BCUT2D eigenvalue weighted by atomic mass is 9.77. The molecule has 0 bridgehead atoms. The number of carbonyl (C=O) groups excluding carboxylic acids is 1. The Hall–Kier alpha value is -2.91. The molecule has 0 spiro atoms. The fraction of sp³-hybridized carbons (Fsp3) is 0.174. The van der Waals surface area contributed by atoms with Crippen molar-refractivity contribution in [1.29, 1.82) is 0 Å². The highest BCUT2D eigenvalue weighted by atomic mass is 16.5. The number of nitrogens with two attached hydrogens (primary N) is 1. The van der Waals surface area contributed by atoms with Gasteiger partial charge in [0, 0.05) is 16.7 Å². The van der Waals surface area contributed by atoms with Crippen molar-refractivity contribution in [3.05, 3.63) is 108 Å². The Morgan fingerprint density at radius 2 is 1.15 bits per heavy atom. The molecule has 2 N–H and O–H groups in total. The lowest BCUT2D eigenvalue weighted by molar-refractivity contribution is -0.708. The van der Waals surface area contributed by atoms with Crippen molar-refractivity contribution in [3.8, 4) is 0 Å². The molecule has 0 heterocycles. The molecule has 0 saturated heterocycles. The molecule has 3 heteroatoms. The molecule has 3 aromatic carbocycles. The Balaban J connectivity index is 2.16. The van der Waals surface area contributed by atoms with E-state index in [1.807, 2.05) is 61.5 Å². The van der Waals surface area contributed by atoms with Gasteiger partial charge < -0.3 is 10.1 Å². The van der Waals surface area contributed by atoms with Gasteiger partial charge in [-0.15, -0.1) is 0 Å². The van der Waals surface area contributed by atoms with E-state index in [1.54, 1.807) is 0 Å². The Bertz CT molecular complexity index is 720. The maximum absolute atomic E-state index is 12.1. The molecule has 3 aromatic rings. The Morgan fingerprint density at radius 1 is 0.769 bits per heavy atom. The Labute approximate surface area is 154 Å². The number of hydrogen-bond donors (Lipinski definition) is 1. The monoisotopic (exact) mass is 346 g/mol. The summed E-state index contributed by atoms with van der Waals surface area (Å²) in [6.45, 7) is 2.46. The molecule has 0 unspecified atom stereocenters. The topological polar surface area (TPSA) is 42.9 Å². The summed E-state index contributed by atoms with van der Waals surface area (Å²) in [7, 11) is 0. The summed E-state index contributed by atoms with van der Waals surface area (Å²) in [4.78, 5) is 12.1. The molecule has 0 amide bonds. The van der Waals surface area contributed by atoms with Crippen LogP contribution >= 0.6 is 0 Å². The predicted octanol–water partition coefficient (Wildman–Crippen LogP) is 3.11. The van der Waals surface area contributed by atoms with Gasteiger partial charge in [-0.3, -0.25) is 0 Å². The first-order chi connectivity index (χ1) is 12.8. The average molecular weight is 346 g/mol. The zero-order valence-electron chi connectivity index (χ0n) is 15.0. The minimum Gasteiger partial charge on any atom is -0.462 e.